The molecule has 0 spiro atoms. The van der Waals surface area contributed by atoms with Crippen LogP contribution in [0.4, 0.5) is 0 Å². The van der Waals surface area contributed by atoms with Crippen LogP contribution in [0, 0.1) is 11.8 Å². The standard InChI is InChI=1S/C17H29N3O2/c1-2-19-9-4-6-15(12-19)18-16(21)14-5-3-10-20(11-14)17(22)13-7-8-13/h13-15H,2-12H2,1H3,(H,18,21)/t14-,15-/m1/s1. The zero-order chi connectivity index (χ0) is 15.5. The van der Waals surface area contributed by atoms with Gasteiger partial charge in [0.05, 0.1) is 5.92 Å². The van der Waals surface area contributed by atoms with Gasteiger partial charge in [-0.15, -0.1) is 0 Å². The SMILES string of the molecule is CCN1CCC[C@@H](NC(=O)[C@@H]2CCCN(C(=O)C3CC3)C2)C1. The van der Waals surface area contributed by atoms with Gasteiger partial charge in [0.2, 0.25) is 11.8 Å². The highest BCUT2D eigenvalue weighted by molar-refractivity contribution is 5.83. The number of piperidine rings is 2. The average Bonchev–Trinajstić information content (AvgIpc) is 3.39. The molecule has 5 heteroatoms. The van der Waals surface area contributed by atoms with Crippen molar-refractivity contribution < 1.29 is 9.59 Å². The molecule has 2 atom stereocenters. The summed E-state index contributed by atoms with van der Waals surface area (Å²) in [7, 11) is 0. The van der Waals surface area contributed by atoms with Gasteiger partial charge >= 0.3 is 0 Å². The summed E-state index contributed by atoms with van der Waals surface area (Å²) in [4.78, 5) is 29.1. The van der Waals surface area contributed by atoms with Gasteiger partial charge in [0.15, 0.2) is 0 Å². The Labute approximate surface area is 133 Å². The van der Waals surface area contributed by atoms with Crippen LogP contribution in [0.5, 0.6) is 0 Å². The third-order valence-electron chi connectivity index (χ3n) is 5.33. The van der Waals surface area contributed by atoms with Crippen LogP contribution in [0.1, 0.15) is 45.4 Å². The summed E-state index contributed by atoms with van der Waals surface area (Å²) < 4.78 is 0. The normalized spacial score (nSPS) is 30.1. The summed E-state index contributed by atoms with van der Waals surface area (Å²) in [5.74, 6) is 0.704. The first-order valence-electron chi connectivity index (χ1n) is 8.99. The Balaban J connectivity index is 1.49. The quantitative estimate of drug-likeness (QED) is 0.850. The molecule has 3 aliphatic rings. The Bertz CT molecular complexity index is 422. The van der Waals surface area contributed by atoms with Crippen molar-refractivity contribution in [2.24, 2.45) is 11.8 Å². The largest absolute Gasteiger partial charge is 0.352 e. The molecule has 124 valence electrons. The van der Waals surface area contributed by atoms with Crippen LogP contribution in [0.2, 0.25) is 0 Å². The first-order valence-corrected chi connectivity index (χ1v) is 8.99. The lowest BCUT2D eigenvalue weighted by Gasteiger charge is -2.35. The Hall–Kier alpha value is -1.10. The number of carbonyl (C=O) groups excluding carboxylic acids is 2. The third-order valence-corrected chi connectivity index (χ3v) is 5.33. The molecule has 2 amide bonds. The molecule has 5 nitrogen and oxygen atoms in total. The molecule has 0 radical (unpaired) electrons. The van der Waals surface area contributed by atoms with E-state index >= 15 is 0 Å². The molecule has 3 rings (SSSR count). The molecule has 0 aromatic heterocycles. The monoisotopic (exact) mass is 307 g/mol. The van der Waals surface area contributed by atoms with Crippen LogP contribution in [0.25, 0.3) is 0 Å². The van der Waals surface area contributed by atoms with Crippen molar-refractivity contribution >= 4 is 11.8 Å². The predicted octanol–water partition coefficient (Wildman–Crippen LogP) is 1.24. The highest BCUT2D eigenvalue weighted by atomic mass is 16.2. The lowest BCUT2D eigenvalue weighted by atomic mass is 9.95. The summed E-state index contributed by atoms with van der Waals surface area (Å²) in [5, 5.41) is 3.24. The first kappa shape index (κ1) is 15.8. The van der Waals surface area contributed by atoms with Crippen molar-refractivity contribution in [2.45, 2.75) is 51.5 Å². The number of nitrogens with zero attached hydrogens (tertiary/aromatic N) is 2. The van der Waals surface area contributed by atoms with Crippen LogP contribution in [-0.4, -0.2) is 60.4 Å². The molecule has 3 fully saturated rings. The molecular weight excluding hydrogens is 278 g/mol. The van der Waals surface area contributed by atoms with Crippen molar-refractivity contribution in [1.82, 2.24) is 15.1 Å². The first-order chi connectivity index (χ1) is 10.7. The number of amides is 2. The van der Waals surface area contributed by atoms with E-state index in [1.165, 1.54) is 0 Å². The Kier molecular flexibility index (Phi) is 5.01. The van der Waals surface area contributed by atoms with Crippen LogP contribution < -0.4 is 5.32 Å². The van der Waals surface area contributed by atoms with E-state index in [2.05, 4.69) is 17.1 Å². The third kappa shape index (κ3) is 3.80. The van der Waals surface area contributed by atoms with E-state index in [4.69, 9.17) is 0 Å². The van der Waals surface area contributed by atoms with Gasteiger partial charge in [-0.3, -0.25) is 9.59 Å². The van der Waals surface area contributed by atoms with Gasteiger partial charge in [-0.25, -0.2) is 0 Å². The van der Waals surface area contributed by atoms with Crippen molar-refractivity contribution in [3.05, 3.63) is 0 Å². The van der Waals surface area contributed by atoms with E-state index in [0.29, 0.717) is 6.54 Å². The van der Waals surface area contributed by atoms with Gasteiger partial charge in [-0.05, 0) is 51.6 Å². The second-order valence-electron chi connectivity index (χ2n) is 7.14. The molecule has 0 unspecified atom stereocenters. The van der Waals surface area contributed by atoms with Gasteiger partial charge in [0.25, 0.3) is 0 Å². The predicted molar refractivity (Wildman–Crippen MR) is 85.3 cm³/mol. The van der Waals surface area contributed by atoms with Crippen molar-refractivity contribution in [1.29, 1.82) is 0 Å². The maximum atomic E-state index is 12.5. The van der Waals surface area contributed by atoms with Crippen molar-refractivity contribution in [3.8, 4) is 0 Å². The minimum atomic E-state index is -0.00606. The Morgan fingerprint density at radius 2 is 1.77 bits per heavy atom. The van der Waals surface area contributed by atoms with Crippen LogP contribution >= 0.6 is 0 Å². The number of rotatable bonds is 4. The summed E-state index contributed by atoms with van der Waals surface area (Å²) >= 11 is 0. The molecule has 0 bridgehead atoms. The summed E-state index contributed by atoms with van der Waals surface area (Å²) in [6.45, 7) is 6.82. The fraction of sp³-hybridized carbons (Fsp3) is 0.882. The minimum absolute atomic E-state index is 0.00606. The van der Waals surface area contributed by atoms with E-state index in [0.717, 1.165) is 64.7 Å². The summed E-state index contributed by atoms with van der Waals surface area (Å²) in [6.07, 6.45) is 6.21. The van der Waals surface area contributed by atoms with E-state index < -0.39 is 0 Å². The van der Waals surface area contributed by atoms with Crippen molar-refractivity contribution in [3.63, 3.8) is 0 Å². The molecule has 2 aliphatic heterocycles. The molecule has 2 heterocycles. The van der Waals surface area contributed by atoms with Gasteiger partial charge in [0, 0.05) is 31.6 Å². The smallest absolute Gasteiger partial charge is 0.225 e. The lowest BCUT2D eigenvalue weighted by molar-refractivity contribution is -0.137. The number of likely N-dealkylation sites (tertiary alicyclic amines) is 2. The highest BCUT2D eigenvalue weighted by Gasteiger charge is 2.37. The number of carbonyl (C=O) groups is 2. The zero-order valence-corrected chi connectivity index (χ0v) is 13.7. The lowest BCUT2D eigenvalue weighted by Crippen LogP contribution is -2.52. The molecule has 1 saturated carbocycles. The Morgan fingerprint density at radius 1 is 1.00 bits per heavy atom. The minimum Gasteiger partial charge on any atom is -0.352 e. The zero-order valence-electron chi connectivity index (χ0n) is 13.7. The van der Waals surface area contributed by atoms with E-state index in [9.17, 15) is 9.59 Å². The van der Waals surface area contributed by atoms with Crippen molar-refractivity contribution in [2.75, 3.05) is 32.7 Å². The van der Waals surface area contributed by atoms with Crippen LogP contribution in [0.3, 0.4) is 0 Å². The van der Waals surface area contributed by atoms with Gasteiger partial charge in [0.1, 0.15) is 0 Å². The highest BCUT2D eigenvalue weighted by Crippen LogP contribution is 2.32. The van der Waals surface area contributed by atoms with Crippen LogP contribution in [-0.2, 0) is 9.59 Å². The fourth-order valence-corrected chi connectivity index (χ4v) is 3.76. The second-order valence-corrected chi connectivity index (χ2v) is 7.14. The van der Waals surface area contributed by atoms with Gasteiger partial charge in [-0.1, -0.05) is 6.92 Å². The molecule has 1 N–H and O–H groups in total. The molecule has 0 aromatic rings. The van der Waals surface area contributed by atoms with E-state index in [-0.39, 0.29) is 29.7 Å². The van der Waals surface area contributed by atoms with E-state index in [1.807, 2.05) is 4.90 Å². The summed E-state index contributed by atoms with van der Waals surface area (Å²) in [5.41, 5.74) is 0. The molecule has 1 aliphatic carbocycles. The molecule has 2 saturated heterocycles. The second kappa shape index (κ2) is 6.99. The maximum absolute atomic E-state index is 12.5. The molecular formula is C17H29N3O2. The number of likely N-dealkylation sites (N-methyl/N-ethyl adjacent to an activating group) is 1. The van der Waals surface area contributed by atoms with E-state index in [1.54, 1.807) is 0 Å². The Morgan fingerprint density at radius 3 is 2.50 bits per heavy atom. The average molecular weight is 307 g/mol. The number of nitrogens with one attached hydrogen (secondary N) is 1. The molecule has 0 aromatic carbocycles. The fourth-order valence-electron chi connectivity index (χ4n) is 3.76. The number of hydrogen-bond acceptors (Lipinski definition) is 3. The van der Waals surface area contributed by atoms with Gasteiger partial charge in [-0.2, -0.15) is 0 Å². The topological polar surface area (TPSA) is 52.7 Å². The maximum Gasteiger partial charge on any atom is 0.225 e. The summed E-state index contributed by atoms with van der Waals surface area (Å²) in [6, 6.07) is 0.288. The molecule has 22 heavy (non-hydrogen) atoms. The number of hydrogen-bond donors (Lipinski definition) is 1. The van der Waals surface area contributed by atoms with Gasteiger partial charge < -0.3 is 15.1 Å². The van der Waals surface area contributed by atoms with Crippen LogP contribution in [0.15, 0.2) is 0 Å².